The van der Waals surface area contributed by atoms with Gasteiger partial charge in [0.2, 0.25) is 0 Å². The van der Waals surface area contributed by atoms with Crippen molar-refractivity contribution in [1.29, 1.82) is 0 Å². The SMILES string of the molecule is CCc1cc(N2CCCC2CN)ccn1. The van der Waals surface area contributed by atoms with Crippen molar-refractivity contribution < 1.29 is 0 Å². The predicted molar refractivity (Wildman–Crippen MR) is 63.0 cm³/mol. The van der Waals surface area contributed by atoms with Crippen molar-refractivity contribution in [2.45, 2.75) is 32.2 Å². The second-order valence-electron chi connectivity index (χ2n) is 4.08. The predicted octanol–water partition coefficient (Wildman–Crippen LogP) is 1.57. The molecule has 3 heteroatoms. The van der Waals surface area contributed by atoms with Gasteiger partial charge in [0.1, 0.15) is 0 Å². The molecule has 0 aliphatic carbocycles. The zero-order valence-corrected chi connectivity index (χ0v) is 9.32. The van der Waals surface area contributed by atoms with E-state index in [0.717, 1.165) is 25.2 Å². The van der Waals surface area contributed by atoms with E-state index in [1.807, 2.05) is 6.20 Å². The smallest absolute Gasteiger partial charge is 0.0421 e. The van der Waals surface area contributed by atoms with Gasteiger partial charge in [-0.3, -0.25) is 4.98 Å². The van der Waals surface area contributed by atoms with Gasteiger partial charge in [-0.05, 0) is 31.4 Å². The van der Waals surface area contributed by atoms with Gasteiger partial charge >= 0.3 is 0 Å². The van der Waals surface area contributed by atoms with Crippen LogP contribution in [0.5, 0.6) is 0 Å². The van der Waals surface area contributed by atoms with E-state index in [4.69, 9.17) is 5.73 Å². The lowest BCUT2D eigenvalue weighted by Crippen LogP contribution is -2.35. The average Bonchev–Trinajstić information content (AvgIpc) is 2.77. The molecule has 1 aromatic rings. The Kier molecular flexibility index (Phi) is 3.21. The van der Waals surface area contributed by atoms with Gasteiger partial charge in [0.05, 0.1) is 0 Å². The first kappa shape index (κ1) is 10.4. The maximum absolute atomic E-state index is 5.77. The number of hydrogen-bond acceptors (Lipinski definition) is 3. The number of nitrogens with zero attached hydrogens (tertiary/aromatic N) is 2. The molecule has 3 nitrogen and oxygen atoms in total. The first-order valence-corrected chi connectivity index (χ1v) is 5.76. The number of aryl methyl sites for hydroxylation is 1. The highest BCUT2D eigenvalue weighted by molar-refractivity contribution is 5.48. The molecule has 1 aliphatic rings. The number of hydrogen-bond donors (Lipinski definition) is 1. The van der Waals surface area contributed by atoms with Crippen molar-refractivity contribution in [1.82, 2.24) is 4.98 Å². The molecule has 0 bridgehead atoms. The third kappa shape index (κ3) is 2.12. The third-order valence-electron chi connectivity index (χ3n) is 3.14. The molecule has 1 aromatic heterocycles. The molecule has 82 valence electrons. The van der Waals surface area contributed by atoms with E-state index in [1.165, 1.54) is 18.5 Å². The van der Waals surface area contributed by atoms with Crippen LogP contribution in [0.2, 0.25) is 0 Å². The lowest BCUT2D eigenvalue weighted by molar-refractivity contribution is 0.676. The van der Waals surface area contributed by atoms with E-state index in [-0.39, 0.29) is 0 Å². The van der Waals surface area contributed by atoms with E-state index in [1.54, 1.807) is 0 Å². The molecular formula is C12H19N3. The first-order chi connectivity index (χ1) is 7.35. The first-order valence-electron chi connectivity index (χ1n) is 5.76. The minimum Gasteiger partial charge on any atom is -0.367 e. The van der Waals surface area contributed by atoms with Crippen molar-refractivity contribution in [3.05, 3.63) is 24.0 Å². The molecule has 1 atom stereocenters. The molecule has 2 N–H and O–H groups in total. The molecule has 0 saturated carbocycles. The third-order valence-corrected chi connectivity index (χ3v) is 3.14. The molecule has 2 heterocycles. The van der Waals surface area contributed by atoms with Crippen LogP contribution in [0.1, 0.15) is 25.5 Å². The summed E-state index contributed by atoms with van der Waals surface area (Å²) in [6, 6.07) is 4.80. The summed E-state index contributed by atoms with van der Waals surface area (Å²) in [5.74, 6) is 0. The lowest BCUT2D eigenvalue weighted by atomic mass is 10.2. The van der Waals surface area contributed by atoms with Crippen LogP contribution in [-0.4, -0.2) is 24.1 Å². The van der Waals surface area contributed by atoms with Crippen LogP contribution in [0.15, 0.2) is 18.3 Å². The minimum atomic E-state index is 0.525. The number of rotatable bonds is 3. The van der Waals surface area contributed by atoms with Gasteiger partial charge in [0.25, 0.3) is 0 Å². The van der Waals surface area contributed by atoms with Gasteiger partial charge in [-0.1, -0.05) is 6.92 Å². The standard InChI is InChI=1S/C12H19N3/c1-2-10-8-11(5-6-14-10)15-7-3-4-12(15)9-13/h5-6,8,12H,2-4,7,9,13H2,1H3. The van der Waals surface area contributed by atoms with Gasteiger partial charge in [-0.15, -0.1) is 0 Å². The number of anilines is 1. The van der Waals surface area contributed by atoms with Crippen LogP contribution in [0.3, 0.4) is 0 Å². The van der Waals surface area contributed by atoms with E-state index in [9.17, 15) is 0 Å². The quantitative estimate of drug-likeness (QED) is 0.814. The summed E-state index contributed by atoms with van der Waals surface area (Å²) in [5.41, 5.74) is 8.22. The number of nitrogens with two attached hydrogens (primary N) is 1. The van der Waals surface area contributed by atoms with Crippen LogP contribution >= 0.6 is 0 Å². The Morgan fingerprint density at radius 3 is 3.20 bits per heavy atom. The summed E-state index contributed by atoms with van der Waals surface area (Å²) in [4.78, 5) is 6.74. The van der Waals surface area contributed by atoms with Crippen LogP contribution in [-0.2, 0) is 6.42 Å². The fourth-order valence-electron chi connectivity index (χ4n) is 2.26. The average molecular weight is 205 g/mol. The molecule has 0 spiro atoms. The normalized spacial score (nSPS) is 20.9. The molecule has 1 saturated heterocycles. The van der Waals surface area contributed by atoms with Crippen molar-refractivity contribution in [2.24, 2.45) is 5.73 Å². The van der Waals surface area contributed by atoms with Crippen molar-refractivity contribution in [3.8, 4) is 0 Å². The topological polar surface area (TPSA) is 42.1 Å². The Hall–Kier alpha value is -1.09. The largest absolute Gasteiger partial charge is 0.367 e. The number of pyridine rings is 1. The zero-order valence-electron chi connectivity index (χ0n) is 9.32. The summed E-state index contributed by atoms with van der Waals surface area (Å²) in [7, 11) is 0. The van der Waals surface area contributed by atoms with Gasteiger partial charge in [-0.2, -0.15) is 0 Å². The molecule has 0 radical (unpaired) electrons. The summed E-state index contributed by atoms with van der Waals surface area (Å²) < 4.78 is 0. The fourth-order valence-corrected chi connectivity index (χ4v) is 2.26. The van der Waals surface area contributed by atoms with Crippen molar-refractivity contribution in [2.75, 3.05) is 18.0 Å². The van der Waals surface area contributed by atoms with Gasteiger partial charge in [0, 0.05) is 36.7 Å². The van der Waals surface area contributed by atoms with Crippen molar-refractivity contribution in [3.63, 3.8) is 0 Å². The van der Waals surface area contributed by atoms with E-state index < -0.39 is 0 Å². The maximum Gasteiger partial charge on any atom is 0.0421 e. The van der Waals surface area contributed by atoms with E-state index in [0.29, 0.717) is 6.04 Å². The highest BCUT2D eigenvalue weighted by Gasteiger charge is 2.23. The molecule has 1 aliphatic heterocycles. The van der Waals surface area contributed by atoms with Crippen LogP contribution in [0.4, 0.5) is 5.69 Å². The summed E-state index contributed by atoms with van der Waals surface area (Å²) >= 11 is 0. The minimum absolute atomic E-state index is 0.525. The lowest BCUT2D eigenvalue weighted by Gasteiger charge is -2.25. The van der Waals surface area contributed by atoms with Gasteiger partial charge in [-0.25, -0.2) is 0 Å². The summed E-state index contributed by atoms with van der Waals surface area (Å²) in [6.07, 6.45) is 5.38. The fraction of sp³-hybridized carbons (Fsp3) is 0.583. The Morgan fingerprint density at radius 2 is 2.47 bits per heavy atom. The van der Waals surface area contributed by atoms with E-state index in [2.05, 4.69) is 28.9 Å². The molecule has 2 rings (SSSR count). The molecular weight excluding hydrogens is 186 g/mol. The van der Waals surface area contributed by atoms with Crippen molar-refractivity contribution >= 4 is 5.69 Å². The van der Waals surface area contributed by atoms with Crippen LogP contribution in [0, 0.1) is 0 Å². The molecule has 15 heavy (non-hydrogen) atoms. The summed E-state index contributed by atoms with van der Waals surface area (Å²) in [5, 5.41) is 0. The molecule has 1 fully saturated rings. The monoisotopic (exact) mass is 205 g/mol. The Labute approximate surface area is 91.3 Å². The molecule has 0 aromatic carbocycles. The van der Waals surface area contributed by atoms with Gasteiger partial charge < -0.3 is 10.6 Å². The highest BCUT2D eigenvalue weighted by Crippen LogP contribution is 2.24. The Balaban J connectivity index is 2.20. The second kappa shape index (κ2) is 4.62. The van der Waals surface area contributed by atoms with Crippen LogP contribution in [0.25, 0.3) is 0 Å². The van der Waals surface area contributed by atoms with Gasteiger partial charge in [0.15, 0.2) is 0 Å². The number of aromatic nitrogens is 1. The highest BCUT2D eigenvalue weighted by atomic mass is 15.2. The molecule has 1 unspecified atom stereocenters. The zero-order chi connectivity index (χ0) is 10.7. The maximum atomic E-state index is 5.77. The summed E-state index contributed by atoms with van der Waals surface area (Å²) in [6.45, 7) is 4.02. The molecule has 0 amide bonds. The Morgan fingerprint density at radius 1 is 1.60 bits per heavy atom. The Bertz CT molecular complexity index is 324. The van der Waals surface area contributed by atoms with Crippen LogP contribution < -0.4 is 10.6 Å². The second-order valence-corrected chi connectivity index (χ2v) is 4.08. The van der Waals surface area contributed by atoms with E-state index >= 15 is 0 Å².